The van der Waals surface area contributed by atoms with Crippen LogP contribution in [-0.4, -0.2) is 10.2 Å². The molecule has 3 aromatic carbocycles. The fourth-order valence-corrected chi connectivity index (χ4v) is 3.03. The number of phenolic OH excluding ortho intramolecular Hbond substituents is 2. The highest BCUT2D eigenvalue weighted by molar-refractivity contribution is 6.08. The van der Waals surface area contributed by atoms with Gasteiger partial charge in [0, 0.05) is 5.56 Å². The SMILES string of the molecule is Oc1ccc2c(c1O)/C(=C/c1ccccc1)c1ccccc1-2. The Morgan fingerprint density at radius 1 is 0.636 bits per heavy atom. The van der Waals surface area contributed by atoms with Crippen molar-refractivity contribution in [2.45, 2.75) is 0 Å². The van der Waals surface area contributed by atoms with Crippen LogP contribution in [0.4, 0.5) is 0 Å². The average Bonchev–Trinajstić information content (AvgIpc) is 2.87. The van der Waals surface area contributed by atoms with Crippen LogP contribution in [0.1, 0.15) is 16.7 Å². The van der Waals surface area contributed by atoms with E-state index in [1.54, 1.807) is 0 Å². The summed E-state index contributed by atoms with van der Waals surface area (Å²) in [6.45, 7) is 0. The van der Waals surface area contributed by atoms with Crippen LogP contribution in [0.2, 0.25) is 0 Å². The summed E-state index contributed by atoms with van der Waals surface area (Å²) in [6, 6.07) is 21.4. The maximum atomic E-state index is 10.3. The van der Waals surface area contributed by atoms with Gasteiger partial charge in [0.05, 0.1) is 0 Å². The van der Waals surface area contributed by atoms with Crippen LogP contribution < -0.4 is 0 Å². The second-order valence-electron chi connectivity index (χ2n) is 5.37. The molecule has 22 heavy (non-hydrogen) atoms. The molecule has 0 spiro atoms. The quantitative estimate of drug-likeness (QED) is 0.499. The van der Waals surface area contributed by atoms with E-state index in [1.165, 1.54) is 6.07 Å². The van der Waals surface area contributed by atoms with Gasteiger partial charge in [-0.1, -0.05) is 54.6 Å². The molecule has 2 heteroatoms. The average molecular weight is 286 g/mol. The van der Waals surface area contributed by atoms with Crippen molar-refractivity contribution in [1.29, 1.82) is 0 Å². The Bertz CT molecular complexity index is 893. The molecular weight excluding hydrogens is 272 g/mol. The van der Waals surface area contributed by atoms with Crippen molar-refractivity contribution in [3.8, 4) is 22.6 Å². The van der Waals surface area contributed by atoms with Gasteiger partial charge in [-0.3, -0.25) is 0 Å². The maximum Gasteiger partial charge on any atom is 0.166 e. The van der Waals surface area contributed by atoms with Gasteiger partial charge in [0.2, 0.25) is 0 Å². The van der Waals surface area contributed by atoms with Gasteiger partial charge in [-0.15, -0.1) is 0 Å². The van der Waals surface area contributed by atoms with Gasteiger partial charge in [0.15, 0.2) is 11.5 Å². The summed E-state index contributed by atoms with van der Waals surface area (Å²) in [5.41, 5.74) is 5.79. The third-order valence-corrected chi connectivity index (χ3v) is 4.04. The molecule has 0 bridgehead atoms. The number of fused-ring (bicyclic) bond motifs is 3. The molecule has 0 saturated heterocycles. The van der Waals surface area contributed by atoms with Crippen LogP contribution in [0.25, 0.3) is 22.8 Å². The Balaban J connectivity index is 2.04. The molecule has 0 fully saturated rings. The van der Waals surface area contributed by atoms with E-state index in [2.05, 4.69) is 0 Å². The number of hydrogen-bond donors (Lipinski definition) is 2. The molecule has 2 N–H and O–H groups in total. The molecule has 4 rings (SSSR count). The minimum absolute atomic E-state index is 0.0594. The lowest BCUT2D eigenvalue weighted by Gasteiger charge is -2.07. The summed E-state index contributed by atoms with van der Waals surface area (Å²) in [4.78, 5) is 0. The van der Waals surface area contributed by atoms with Crippen molar-refractivity contribution < 1.29 is 10.2 Å². The normalized spacial score (nSPS) is 13.9. The summed E-state index contributed by atoms with van der Waals surface area (Å²) in [5, 5.41) is 20.2. The van der Waals surface area contributed by atoms with Crippen molar-refractivity contribution in [3.63, 3.8) is 0 Å². The van der Waals surface area contributed by atoms with Gasteiger partial charge in [-0.25, -0.2) is 0 Å². The monoisotopic (exact) mass is 286 g/mol. The molecule has 0 aromatic heterocycles. The van der Waals surface area contributed by atoms with E-state index in [-0.39, 0.29) is 11.5 Å². The fourth-order valence-electron chi connectivity index (χ4n) is 3.03. The van der Waals surface area contributed by atoms with Crippen molar-refractivity contribution in [2.24, 2.45) is 0 Å². The number of hydrogen-bond acceptors (Lipinski definition) is 2. The fraction of sp³-hybridized carbons (Fsp3) is 0. The van der Waals surface area contributed by atoms with Crippen molar-refractivity contribution in [3.05, 3.63) is 83.4 Å². The van der Waals surface area contributed by atoms with Crippen molar-refractivity contribution in [2.75, 3.05) is 0 Å². The summed E-state index contributed by atoms with van der Waals surface area (Å²) < 4.78 is 0. The predicted molar refractivity (Wildman–Crippen MR) is 88.6 cm³/mol. The molecule has 3 aromatic rings. The highest BCUT2D eigenvalue weighted by Gasteiger charge is 2.27. The predicted octanol–water partition coefficient (Wildman–Crippen LogP) is 4.67. The maximum absolute atomic E-state index is 10.3. The lowest BCUT2D eigenvalue weighted by Crippen LogP contribution is -1.84. The molecule has 2 nitrogen and oxygen atoms in total. The standard InChI is InChI=1S/C20H14O2/c21-18-11-10-16-14-8-4-5-9-15(14)17(19(16)20(18)22)12-13-6-2-1-3-7-13/h1-12,21-22H/b17-12+. The summed E-state index contributed by atoms with van der Waals surface area (Å²) in [6.07, 6.45) is 2.05. The van der Waals surface area contributed by atoms with Crippen LogP contribution in [0.15, 0.2) is 66.7 Å². The van der Waals surface area contributed by atoms with Gasteiger partial charge in [-0.05, 0) is 46.0 Å². The molecule has 106 valence electrons. The van der Waals surface area contributed by atoms with Gasteiger partial charge < -0.3 is 10.2 Å². The van der Waals surface area contributed by atoms with Crippen LogP contribution in [0.5, 0.6) is 11.5 Å². The molecule has 0 heterocycles. The highest BCUT2D eigenvalue weighted by Crippen LogP contribution is 2.51. The van der Waals surface area contributed by atoms with Gasteiger partial charge in [-0.2, -0.15) is 0 Å². The molecule has 0 unspecified atom stereocenters. The summed E-state index contributed by atoms with van der Waals surface area (Å²) in [5.74, 6) is -0.151. The van der Waals surface area contributed by atoms with E-state index in [0.717, 1.165) is 27.8 Å². The first kappa shape index (κ1) is 12.7. The van der Waals surface area contributed by atoms with E-state index in [4.69, 9.17) is 0 Å². The second-order valence-corrected chi connectivity index (χ2v) is 5.37. The molecule has 0 amide bonds. The largest absolute Gasteiger partial charge is 0.504 e. The number of rotatable bonds is 1. The first-order valence-electron chi connectivity index (χ1n) is 7.17. The second kappa shape index (κ2) is 4.78. The zero-order valence-corrected chi connectivity index (χ0v) is 11.8. The summed E-state index contributed by atoms with van der Waals surface area (Å²) in [7, 11) is 0. The molecule has 0 radical (unpaired) electrons. The Kier molecular flexibility index (Phi) is 2.76. The molecule has 1 aliphatic carbocycles. The first-order valence-corrected chi connectivity index (χ1v) is 7.17. The Hall–Kier alpha value is -3.00. The van der Waals surface area contributed by atoms with Gasteiger partial charge in [0.1, 0.15) is 0 Å². The smallest absolute Gasteiger partial charge is 0.166 e. The lowest BCUT2D eigenvalue weighted by molar-refractivity contribution is 0.403. The van der Waals surface area contributed by atoms with E-state index >= 15 is 0 Å². The van der Waals surface area contributed by atoms with Crippen molar-refractivity contribution in [1.82, 2.24) is 0 Å². The van der Waals surface area contributed by atoms with Crippen LogP contribution in [0, 0.1) is 0 Å². The molecular formula is C20H14O2. The minimum Gasteiger partial charge on any atom is -0.504 e. The third-order valence-electron chi connectivity index (χ3n) is 4.04. The van der Waals surface area contributed by atoms with E-state index in [0.29, 0.717) is 5.56 Å². The van der Waals surface area contributed by atoms with Crippen LogP contribution >= 0.6 is 0 Å². The zero-order chi connectivity index (χ0) is 15.1. The molecule has 1 aliphatic rings. The topological polar surface area (TPSA) is 40.5 Å². The number of aromatic hydroxyl groups is 2. The zero-order valence-electron chi connectivity index (χ0n) is 11.8. The number of phenols is 2. The summed E-state index contributed by atoms with van der Waals surface area (Å²) >= 11 is 0. The van der Waals surface area contributed by atoms with Crippen molar-refractivity contribution >= 4 is 11.6 Å². The van der Waals surface area contributed by atoms with Gasteiger partial charge in [0.25, 0.3) is 0 Å². The molecule has 0 aliphatic heterocycles. The van der Waals surface area contributed by atoms with Crippen LogP contribution in [-0.2, 0) is 0 Å². The van der Waals surface area contributed by atoms with E-state index in [9.17, 15) is 10.2 Å². The third kappa shape index (κ3) is 1.81. The van der Waals surface area contributed by atoms with Gasteiger partial charge >= 0.3 is 0 Å². The van der Waals surface area contributed by atoms with E-state index in [1.807, 2.05) is 66.7 Å². The lowest BCUT2D eigenvalue weighted by atomic mass is 10.00. The minimum atomic E-state index is -0.0921. The molecule has 0 saturated carbocycles. The molecule has 0 atom stereocenters. The Morgan fingerprint density at radius 2 is 1.32 bits per heavy atom. The van der Waals surface area contributed by atoms with E-state index < -0.39 is 0 Å². The first-order chi connectivity index (χ1) is 10.8. The Morgan fingerprint density at radius 3 is 2.09 bits per heavy atom. The van der Waals surface area contributed by atoms with Crippen LogP contribution in [0.3, 0.4) is 0 Å². The Labute approximate surface area is 128 Å². The highest BCUT2D eigenvalue weighted by atomic mass is 16.3. The number of benzene rings is 3.